The zero-order chi connectivity index (χ0) is 17.9. The molecule has 0 N–H and O–H groups in total. The fraction of sp³-hybridized carbons (Fsp3) is 0.294. The summed E-state index contributed by atoms with van der Waals surface area (Å²) in [6.45, 7) is 0.806. The molecule has 1 amide bonds. The van der Waals surface area contributed by atoms with E-state index in [1.807, 2.05) is 0 Å². The van der Waals surface area contributed by atoms with Crippen LogP contribution >= 0.6 is 0 Å². The molecule has 2 heterocycles. The second-order valence-corrected chi connectivity index (χ2v) is 5.52. The summed E-state index contributed by atoms with van der Waals surface area (Å²) < 4.78 is 46.4. The second kappa shape index (κ2) is 7.00. The first kappa shape index (κ1) is 17.1. The first-order valence-electron chi connectivity index (χ1n) is 7.63. The average Bonchev–Trinajstić information content (AvgIpc) is 3.02. The van der Waals surface area contributed by atoms with Gasteiger partial charge in [0.15, 0.2) is 0 Å². The van der Waals surface area contributed by atoms with E-state index in [0.29, 0.717) is 25.4 Å². The Morgan fingerprint density at radius 2 is 2.04 bits per heavy atom. The smallest absolute Gasteiger partial charge is 0.472 e. The Labute approximate surface area is 142 Å². The molecule has 0 aliphatic carbocycles. The fourth-order valence-electron chi connectivity index (χ4n) is 2.61. The number of nitrogens with zero attached hydrogens (tertiary/aromatic N) is 2. The van der Waals surface area contributed by atoms with Crippen LogP contribution in [0.3, 0.4) is 0 Å². The van der Waals surface area contributed by atoms with Crippen LogP contribution in [0, 0.1) is 0 Å². The lowest BCUT2D eigenvalue weighted by atomic mass is 10.2. The van der Waals surface area contributed by atoms with Gasteiger partial charge in [0.25, 0.3) is 5.91 Å². The Kier molecular flexibility index (Phi) is 4.78. The van der Waals surface area contributed by atoms with Crippen LogP contribution in [0.4, 0.5) is 13.2 Å². The van der Waals surface area contributed by atoms with Crippen molar-refractivity contribution in [1.29, 1.82) is 0 Å². The number of likely N-dealkylation sites (tertiary alicyclic amines) is 1. The van der Waals surface area contributed by atoms with E-state index in [9.17, 15) is 18.0 Å². The molecule has 1 atom stereocenters. The van der Waals surface area contributed by atoms with E-state index in [4.69, 9.17) is 4.74 Å². The minimum atomic E-state index is -4.79. The molecule has 0 spiro atoms. The van der Waals surface area contributed by atoms with E-state index < -0.39 is 12.1 Å². The number of benzene rings is 1. The first-order valence-corrected chi connectivity index (χ1v) is 7.63. The molecule has 1 aliphatic rings. The minimum Gasteiger partial charge on any atom is -0.472 e. The Morgan fingerprint density at radius 1 is 1.20 bits per heavy atom. The molecule has 0 radical (unpaired) electrons. The molecule has 3 rings (SSSR count). The normalized spacial score (nSPS) is 17.4. The van der Waals surface area contributed by atoms with Gasteiger partial charge in [-0.15, -0.1) is 13.2 Å². The number of ether oxygens (including phenoxy) is 2. The molecule has 1 aliphatic heterocycles. The predicted molar refractivity (Wildman–Crippen MR) is 82.3 cm³/mol. The van der Waals surface area contributed by atoms with Crippen LogP contribution in [0.1, 0.15) is 16.8 Å². The van der Waals surface area contributed by atoms with Crippen LogP contribution < -0.4 is 9.47 Å². The van der Waals surface area contributed by atoms with Gasteiger partial charge in [0.1, 0.15) is 11.9 Å². The number of carbonyl (C=O) groups is 1. The third-order valence-electron chi connectivity index (χ3n) is 3.67. The van der Waals surface area contributed by atoms with Gasteiger partial charge in [-0.3, -0.25) is 4.79 Å². The van der Waals surface area contributed by atoms with Crippen LogP contribution in [0.2, 0.25) is 0 Å². The van der Waals surface area contributed by atoms with Gasteiger partial charge in [-0.25, -0.2) is 4.98 Å². The summed E-state index contributed by atoms with van der Waals surface area (Å²) in [5.41, 5.74) is 0.139. The highest BCUT2D eigenvalue weighted by molar-refractivity contribution is 5.94. The number of aromatic nitrogens is 1. The molecular formula is C17H15F3N2O3. The lowest BCUT2D eigenvalue weighted by molar-refractivity contribution is -0.274. The second-order valence-electron chi connectivity index (χ2n) is 5.52. The molecule has 1 fully saturated rings. The van der Waals surface area contributed by atoms with E-state index in [1.54, 1.807) is 29.3 Å². The third kappa shape index (κ3) is 4.62. The topological polar surface area (TPSA) is 51.7 Å². The maximum Gasteiger partial charge on any atom is 0.573 e. The van der Waals surface area contributed by atoms with E-state index in [1.165, 1.54) is 12.1 Å². The molecule has 8 heteroatoms. The summed E-state index contributed by atoms with van der Waals surface area (Å²) in [6, 6.07) is 10.3. The molecule has 2 aromatic rings. The number of amides is 1. The molecule has 1 saturated heterocycles. The molecule has 5 nitrogen and oxygen atoms in total. The van der Waals surface area contributed by atoms with Crippen LogP contribution in [0.5, 0.6) is 11.6 Å². The van der Waals surface area contributed by atoms with Gasteiger partial charge in [0.05, 0.1) is 6.54 Å². The van der Waals surface area contributed by atoms with Gasteiger partial charge < -0.3 is 14.4 Å². The summed E-state index contributed by atoms with van der Waals surface area (Å²) in [5.74, 6) is -0.305. The Bertz CT molecular complexity index is 737. The molecule has 1 aromatic heterocycles. The third-order valence-corrected chi connectivity index (χ3v) is 3.67. The Balaban J connectivity index is 1.63. The van der Waals surface area contributed by atoms with Crippen molar-refractivity contribution in [2.45, 2.75) is 18.9 Å². The van der Waals surface area contributed by atoms with E-state index in [2.05, 4.69) is 9.72 Å². The van der Waals surface area contributed by atoms with Gasteiger partial charge in [-0.1, -0.05) is 12.1 Å². The van der Waals surface area contributed by atoms with Gasteiger partial charge in [-0.2, -0.15) is 0 Å². The van der Waals surface area contributed by atoms with Crippen LogP contribution in [0.15, 0.2) is 48.7 Å². The van der Waals surface area contributed by atoms with Crippen LogP contribution in [-0.2, 0) is 0 Å². The number of carbonyl (C=O) groups excluding carboxylic acids is 1. The number of alkyl halides is 3. The van der Waals surface area contributed by atoms with Gasteiger partial charge in [0.2, 0.25) is 5.88 Å². The summed E-state index contributed by atoms with van der Waals surface area (Å²) >= 11 is 0. The zero-order valence-corrected chi connectivity index (χ0v) is 13.1. The highest BCUT2D eigenvalue weighted by Crippen LogP contribution is 2.25. The minimum absolute atomic E-state index is 0.139. The molecule has 1 aromatic carbocycles. The maximum absolute atomic E-state index is 12.5. The van der Waals surface area contributed by atoms with Gasteiger partial charge >= 0.3 is 6.36 Å². The van der Waals surface area contributed by atoms with Crippen molar-refractivity contribution in [3.63, 3.8) is 0 Å². The van der Waals surface area contributed by atoms with Crippen molar-refractivity contribution in [3.05, 3.63) is 54.2 Å². The van der Waals surface area contributed by atoms with Crippen molar-refractivity contribution in [1.82, 2.24) is 9.88 Å². The molecule has 132 valence electrons. The van der Waals surface area contributed by atoms with Gasteiger partial charge in [-0.05, 0) is 24.3 Å². The standard InChI is InChI=1S/C17H15F3N2O3/c18-17(19,20)25-13-5-3-4-12(10-13)16(23)22-9-7-14(11-22)24-15-6-1-2-8-21-15/h1-6,8,10,14H,7,9,11H2. The summed E-state index contributed by atoms with van der Waals surface area (Å²) in [4.78, 5) is 18.1. The number of rotatable bonds is 4. The number of pyridine rings is 1. The average molecular weight is 352 g/mol. The molecule has 1 unspecified atom stereocenters. The van der Waals surface area contributed by atoms with Crippen molar-refractivity contribution < 1.29 is 27.4 Å². The van der Waals surface area contributed by atoms with Crippen molar-refractivity contribution >= 4 is 5.91 Å². The summed E-state index contributed by atoms with van der Waals surface area (Å²) in [7, 11) is 0. The number of hydrogen-bond donors (Lipinski definition) is 0. The Hall–Kier alpha value is -2.77. The monoisotopic (exact) mass is 352 g/mol. The summed E-state index contributed by atoms with van der Waals surface area (Å²) in [5, 5.41) is 0. The lowest BCUT2D eigenvalue weighted by Gasteiger charge is -2.17. The number of hydrogen-bond acceptors (Lipinski definition) is 4. The summed E-state index contributed by atoms with van der Waals surface area (Å²) in [6.07, 6.45) is -2.76. The molecule has 0 saturated carbocycles. The maximum atomic E-state index is 12.5. The molecule has 25 heavy (non-hydrogen) atoms. The number of halogens is 3. The zero-order valence-electron chi connectivity index (χ0n) is 13.1. The van der Waals surface area contributed by atoms with E-state index in [0.717, 1.165) is 12.1 Å². The highest BCUT2D eigenvalue weighted by atomic mass is 19.4. The van der Waals surface area contributed by atoms with Gasteiger partial charge in [0, 0.05) is 30.8 Å². The first-order chi connectivity index (χ1) is 11.9. The van der Waals surface area contributed by atoms with Crippen LogP contribution in [-0.4, -0.2) is 41.3 Å². The van der Waals surface area contributed by atoms with E-state index in [-0.39, 0.29) is 17.6 Å². The predicted octanol–water partition coefficient (Wildman–Crippen LogP) is 3.27. The van der Waals surface area contributed by atoms with Crippen LogP contribution in [0.25, 0.3) is 0 Å². The highest BCUT2D eigenvalue weighted by Gasteiger charge is 2.32. The lowest BCUT2D eigenvalue weighted by Crippen LogP contribution is -2.31. The quantitative estimate of drug-likeness (QED) is 0.847. The van der Waals surface area contributed by atoms with Crippen molar-refractivity contribution in [2.75, 3.05) is 13.1 Å². The van der Waals surface area contributed by atoms with E-state index >= 15 is 0 Å². The van der Waals surface area contributed by atoms with Crippen molar-refractivity contribution in [3.8, 4) is 11.6 Å². The largest absolute Gasteiger partial charge is 0.573 e. The Morgan fingerprint density at radius 3 is 2.76 bits per heavy atom. The van der Waals surface area contributed by atoms with Crippen molar-refractivity contribution in [2.24, 2.45) is 0 Å². The fourth-order valence-corrected chi connectivity index (χ4v) is 2.61. The molecular weight excluding hydrogens is 337 g/mol. The molecule has 0 bridgehead atoms. The SMILES string of the molecule is O=C(c1cccc(OC(F)(F)F)c1)N1CCC(Oc2ccccn2)C1.